The van der Waals surface area contributed by atoms with Gasteiger partial charge in [0.25, 0.3) is 5.69 Å². The summed E-state index contributed by atoms with van der Waals surface area (Å²) < 4.78 is 0. The zero-order valence-electron chi connectivity index (χ0n) is 12.3. The molecule has 7 nitrogen and oxygen atoms in total. The first-order chi connectivity index (χ1) is 9.99. The van der Waals surface area contributed by atoms with Gasteiger partial charge >= 0.3 is 5.97 Å². The van der Waals surface area contributed by atoms with Crippen LogP contribution in [0.25, 0.3) is 0 Å². The molecule has 2 N–H and O–H groups in total. The van der Waals surface area contributed by atoms with E-state index >= 15 is 0 Å². The van der Waals surface area contributed by atoms with E-state index in [9.17, 15) is 20.0 Å². The molecule has 116 valence electrons. The molecule has 1 atom stereocenters. The maximum absolute atomic E-state index is 11.3. The Kier molecular flexibility index (Phi) is 6.77. The van der Waals surface area contributed by atoms with Crippen molar-refractivity contribution in [3.05, 3.63) is 39.9 Å². The molecule has 0 saturated carbocycles. The number of nitrogens with one attached hydrogen (secondary N) is 1. The van der Waals surface area contributed by atoms with E-state index in [0.717, 1.165) is 19.6 Å². The third kappa shape index (κ3) is 5.13. The highest BCUT2D eigenvalue weighted by atomic mass is 16.6. The van der Waals surface area contributed by atoms with Gasteiger partial charge in [-0.15, -0.1) is 0 Å². The molecule has 1 aromatic carbocycles. The molecule has 1 aromatic rings. The van der Waals surface area contributed by atoms with Gasteiger partial charge in [0, 0.05) is 25.2 Å². The Morgan fingerprint density at radius 3 is 2.62 bits per heavy atom. The van der Waals surface area contributed by atoms with Crippen molar-refractivity contribution in [2.24, 2.45) is 0 Å². The van der Waals surface area contributed by atoms with Crippen molar-refractivity contribution in [2.45, 2.75) is 19.9 Å². The van der Waals surface area contributed by atoms with Crippen molar-refractivity contribution in [2.75, 3.05) is 26.2 Å². The van der Waals surface area contributed by atoms with Crippen LogP contribution in [-0.2, 0) is 4.79 Å². The first kappa shape index (κ1) is 17.1. The minimum Gasteiger partial charge on any atom is -0.480 e. The van der Waals surface area contributed by atoms with E-state index in [-0.39, 0.29) is 5.69 Å². The molecule has 0 saturated heterocycles. The zero-order valence-corrected chi connectivity index (χ0v) is 12.3. The molecule has 0 radical (unpaired) electrons. The second-order valence-electron chi connectivity index (χ2n) is 4.60. The van der Waals surface area contributed by atoms with Crippen molar-refractivity contribution < 1.29 is 14.8 Å². The van der Waals surface area contributed by atoms with E-state index in [4.69, 9.17) is 0 Å². The van der Waals surface area contributed by atoms with Crippen molar-refractivity contribution >= 4 is 11.7 Å². The fourth-order valence-electron chi connectivity index (χ4n) is 2.07. The molecule has 21 heavy (non-hydrogen) atoms. The van der Waals surface area contributed by atoms with Crippen molar-refractivity contribution in [1.29, 1.82) is 0 Å². The number of nitro groups is 1. The lowest BCUT2D eigenvalue weighted by atomic mass is 10.1. The summed E-state index contributed by atoms with van der Waals surface area (Å²) in [5.74, 6) is -1.05. The minimum atomic E-state index is -1.05. The molecule has 0 aliphatic heterocycles. The van der Waals surface area contributed by atoms with Crippen LogP contribution in [0.3, 0.4) is 0 Å². The van der Waals surface area contributed by atoms with Crippen LogP contribution in [0.1, 0.15) is 25.5 Å². The molecule has 0 spiro atoms. The summed E-state index contributed by atoms with van der Waals surface area (Å²) in [6.45, 7) is 7.10. The van der Waals surface area contributed by atoms with Crippen LogP contribution >= 0.6 is 0 Å². The van der Waals surface area contributed by atoms with Crippen LogP contribution in [0.4, 0.5) is 5.69 Å². The minimum absolute atomic E-state index is 0.107. The normalized spacial score (nSPS) is 12.3. The van der Waals surface area contributed by atoms with Gasteiger partial charge in [0.05, 0.1) is 4.92 Å². The monoisotopic (exact) mass is 295 g/mol. The zero-order chi connectivity index (χ0) is 15.8. The predicted molar refractivity (Wildman–Crippen MR) is 79.3 cm³/mol. The van der Waals surface area contributed by atoms with Crippen LogP contribution in [0.15, 0.2) is 24.3 Å². The lowest BCUT2D eigenvalue weighted by Crippen LogP contribution is -2.36. The number of carbonyl (C=O) groups is 1. The summed E-state index contributed by atoms with van der Waals surface area (Å²) >= 11 is 0. The molecule has 0 aliphatic carbocycles. The average Bonchev–Trinajstić information content (AvgIpc) is 2.47. The highest BCUT2D eigenvalue weighted by Gasteiger charge is 2.21. The van der Waals surface area contributed by atoms with Crippen LogP contribution in [0, 0.1) is 10.1 Å². The molecule has 0 amide bonds. The lowest BCUT2D eigenvalue weighted by Gasteiger charge is -2.20. The number of nitro benzene ring substituents is 1. The molecule has 1 unspecified atom stereocenters. The van der Waals surface area contributed by atoms with Crippen LogP contribution in [0.2, 0.25) is 0 Å². The van der Waals surface area contributed by atoms with E-state index in [2.05, 4.69) is 10.2 Å². The average molecular weight is 295 g/mol. The van der Waals surface area contributed by atoms with Gasteiger partial charge in [-0.05, 0) is 18.7 Å². The fraction of sp³-hybridized carbons (Fsp3) is 0.500. The van der Waals surface area contributed by atoms with Gasteiger partial charge in [-0.3, -0.25) is 20.2 Å². The largest absolute Gasteiger partial charge is 0.480 e. The second kappa shape index (κ2) is 8.33. The molecular formula is C14H21N3O4. The number of carboxylic acid groups (broad SMARTS) is 1. The van der Waals surface area contributed by atoms with E-state index in [0.29, 0.717) is 12.1 Å². The molecular weight excluding hydrogens is 274 g/mol. The Bertz CT molecular complexity index is 489. The van der Waals surface area contributed by atoms with Crippen molar-refractivity contribution in [3.8, 4) is 0 Å². The number of non-ortho nitro benzene ring substituents is 1. The second-order valence-corrected chi connectivity index (χ2v) is 4.60. The number of aliphatic carboxylic acids is 1. The number of benzene rings is 1. The van der Waals surface area contributed by atoms with Crippen LogP contribution in [-0.4, -0.2) is 47.1 Å². The van der Waals surface area contributed by atoms with Gasteiger partial charge in [-0.25, -0.2) is 0 Å². The molecule has 0 bridgehead atoms. The quantitative estimate of drug-likeness (QED) is 0.531. The first-order valence-electron chi connectivity index (χ1n) is 6.92. The van der Waals surface area contributed by atoms with E-state index in [1.165, 1.54) is 18.2 Å². The molecule has 0 fully saturated rings. The van der Waals surface area contributed by atoms with Gasteiger partial charge in [-0.1, -0.05) is 26.0 Å². The Morgan fingerprint density at radius 2 is 2.10 bits per heavy atom. The summed E-state index contributed by atoms with van der Waals surface area (Å²) in [5.41, 5.74) is 0.278. The smallest absolute Gasteiger partial charge is 0.325 e. The first-order valence-corrected chi connectivity index (χ1v) is 6.92. The third-order valence-electron chi connectivity index (χ3n) is 3.33. The van der Waals surface area contributed by atoms with Gasteiger partial charge in [-0.2, -0.15) is 0 Å². The number of hydrogen-bond donors (Lipinski definition) is 2. The highest BCUT2D eigenvalue weighted by Crippen LogP contribution is 2.19. The van der Waals surface area contributed by atoms with Crippen LogP contribution in [0.5, 0.6) is 0 Å². The van der Waals surface area contributed by atoms with Gasteiger partial charge in [0.15, 0.2) is 0 Å². The standard InChI is InChI=1S/C14H21N3O4/c1-3-16(4-2)9-8-15-13(14(18)19)11-6-5-7-12(10-11)17(20)21/h5-7,10,13,15H,3-4,8-9H2,1-2H3,(H,18,19). The topological polar surface area (TPSA) is 95.7 Å². The number of likely N-dealkylation sites (N-methyl/N-ethyl adjacent to an activating group) is 1. The number of nitrogens with zero attached hydrogens (tertiary/aromatic N) is 2. The summed E-state index contributed by atoms with van der Waals surface area (Å²) in [4.78, 5) is 23.7. The van der Waals surface area contributed by atoms with Crippen LogP contribution < -0.4 is 5.32 Å². The van der Waals surface area contributed by atoms with Gasteiger partial charge < -0.3 is 10.0 Å². The maximum atomic E-state index is 11.3. The van der Waals surface area contributed by atoms with Gasteiger partial charge in [0.2, 0.25) is 0 Å². The number of carboxylic acids is 1. The summed E-state index contributed by atoms with van der Waals surface area (Å²) in [7, 11) is 0. The molecule has 7 heteroatoms. The lowest BCUT2D eigenvalue weighted by molar-refractivity contribution is -0.384. The van der Waals surface area contributed by atoms with Crippen molar-refractivity contribution in [3.63, 3.8) is 0 Å². The summed E-state index contributed by atoms with van der Waals surface area (Å²) in [6.07, 6.45) is 0. The Hall–Kier alpha value is -1.99. The molecule has 0 aliphatic rings. The number of hydrogen-bond acceptors (Lipinski definition) is 5. The van der Waals surface area contributed by atoms with E-state index in [1.54, 1.807) is 6.07 Å². The Labute approximate surface area is 123 Å². The highest BCUT2D eigenvalue weighted by molar-refractivity contribution is 5.75. The van der Waals surface area contributed by atoms with Crippen molar-refractivity contribution in [1.82, 2.24) is 10.2 Å². The van der Waals surface area contributed by atoms with E-state index < -0.39 is 16.9 Å². The molecule has 0 aromatic heterocycles. The van der Waals surface area contributed by atoms with E-state index in [1.807, 2.05) is 13.8 Å². The number of rotatable bonds is 9. The summed E-state index contributed by atoms with van der Waals surface area (Å²) in [5, 5.41) is 23.0. The predicted octanol–water partition coefficient (Wildman–Crippen LogP) is 1.65. The third-order valence-corrected chi connectivity index (χ3v) is 3.33. The SMILES string of the molecule is CCN(CC)CCNC(C(=O)O)c1cccc([N+](=O)[O-])c1. The maximum Gasteiger partial charge on any atom is 0.325 e. The Balaban J connectivity index is 2.76. The van der Waals surface area contributed by atoms with Gasteiger partial charge in [0.1, 0.15) is 6.04 Å². The molecule has 1 rings (SSSR count). The molecule has 0 heterocycles. The summed E-state index contributed by atoms with van der Waals surface area (Å²) in [6, 6.07) is 4.77. The Morgan fingerprint density at radius 1 is 1.43 bits per heavy atom. The fourth-order valence-corrected chi connectivity index (χ4v) is 2.07.